The third-order valence-corrected chi connectivity index (χ3v) is 5.51. The van der Waals surface area contributed by atoms with Gasteiger partial charge in [-0.2, -0.15) is 5.26 Å². The smallest absolute Gasteiger partial charge is 0.128 e. The second-order valence-corrected chi connectivity index (χ2v) is 9.27. The lowest BCUT2D eigenvalue weighted by Crippen LogP contribution is -2.35. The van der Waals surface area contributed by atoms with E-state index >= 15 is 0 Å². The topological polar surface area (TPSA) is 62.1 Å². The lowest BCUT2D eigenvalue weighted by atomic mass is 9.95. The van der Waals surface area contributed by atoms with E-state index in [0.29, 0.717) is 17.7 Å². The van der Waals surface area contributed by atoms with Gasteiger partial charge in [0.2, 0.25) is 0 Å². The molecule has 0 bridgehead atoms. The van der Waals surface area contributed by atoms with Crippen LogP contribution in [0.1, 0.15) is 58.2 Å². The molecule has 0 amide bonds. The van der Waals surface area contributed by atoms with Gasteiger partial charge in [0.1, 0.15) is 17.2 Å². The summed E-state index contributed by atoms with van der Waals surface area (Å²) in [5.41, 5.74) is 0.759. The van der Waals surface area contributed by atoms with Crippen LogP contribution in [0, 0.1) is 17.1 Å². The Balaban J connectivity index is 2.32. The average Bonchev–Trinajstić information content (AvgIpc) is 2.72. The monoisotopic (exact) mass is 338 g/mol. The Morgan fingerprint density at radius 3 is 2.74 bits per heavy atom. The summed E-state index contributed by atoms with van der Waals surface area (Å²) in [5, 5.41) is 8.96. The number of nitrogens with one attached hydrogen (secondary N) is 1. The molecule has 1 N–H and O–H groups in total. The van der Waals surface area contributed by atoms with Crippen LogP contribution in [-0.2, 0) is 17.4 Å². The summed E-state index contributed by atoms with van der Waals surface area (Å²) in [4.78, 5) is 0. The molecule has 4 nitrogen and oxygen atoms in total. The third kappa shape index (κ3) is 3.91. The van der Waals surface area contributed by atoms with Gasteiger partial charge in [-0.3, -0.25) is 0 Å². The molecule has 0 aromatic heterocycles. The SMILES string of the molecule is C[C@@H](N[S@](=O)C(C)(C)C)c1cc(F)cc2c1O[C@@](C)(CC#N)C2. The van der Waals surface area contributed by atoms with Crippen molar-refractivity contribution in [2.24, 2.45) is 0 Å². The molecule has 1 aromatic rings. The molecular weight excluding hydrogens is 315 g/mol. The third-order valence-electron chi connectivity index (χ3n) is 3.83. The molecule has 1 heterocycles. The first-order chi connectivity index (χ1) is 10.6. The maximum Gasteiger partial charge on any atom is 0.128 e. The molecule has 0 unspecified atom stereocenters. The van der Waals surface area contributed by atoms with Crippen molar-refractivity contribution in [2.75, 3.05) is 0 Å². The zero-order valence-corrected chi connectivity index (χ0v) is 15.0. The van der Waals surface area contributed by atoms with Crippen molar-refractivity contribution < 1.29 is 13.3 Å². The van der Waals surface area contributed by atoms with Crippen molar-refractivity contribution in [3.8, 4) is 11.8 Å². The average molecular weight is 338 g/mol. The standard InChI is InChI=1S/C17H23FN2O2S/c1-11(20-23(21)16(2,3)4)14-9-13(18)8-12-10-17(5,6-7-19)22-15(12)14/h8-9,11,20H,6,10H2,1-5H3/t11-,17+,23-/m1/s1. The highest BCUT2D eigenvalue weighted by Gasteiger charge is 2.37. The summed E-state index contributed by atoms with van der Waals surface area (Å²) < 4.78 is 34.8. The van der Waals surface area contributed by atoms with Gasteiger partial charge in [0.25, 0.3) is 0 Å². The van der Waals surface area contributed by atoms with Crippen LogP contribution < -0.4 is 9.46 Å². The van der Waals surface area contributed by atoms with Gasteiger partial charge in [0.05, 0.1) is 28.2 Å². The van der Waals surface area contributed by atoms with Crippen LogP contribution in [0.25, 0.3) is 0 Å². The van der Waals surface area contributed by atoms with Crippen molar-refractivity contribution >= 4 is 11.0 Å². The molecule has 0 saturated heterocycles. The molecule has 0 aliphatic carbocycles. The van der Waals surface area contributed by atoms with Crippen LogP contribution in [0.3, 0.4) is 0 Å². The molecule has 1 aromatic carbocycles. The number of hydrogen-bond acceptors (Lipinski definition) is 3. The summed E-state index contributed by atoms with van der Waals surface area (Å²) in [6.07, 6.45) is 0.730. The van der Waals surface area contributed by atoms with Crippen LogP contribution in [0.2, 0.25) is 0 Å². The van der Waals surface area contributed by atoms with Gasteiger partial charge in [-0.05, 0) is 46.8 Å². The maximum atomic E-state index is 14.0. The quantitative estimate of drug-likeness (QED) is 0.913. The van der Waals surface area contributed by atoms with Crippen LogP contribution in [0.15, 0.2) is 12.1 Å². The first-order valence-corrected chi connectivity index (χ1v) is 8.77. The maximum absolute atomic E-state index is 14.0. The number of ether oxygens (including phenoxy) is 1. The van der Waals surface area contributed by atoms with E-state index in [-0.39, 0.29) is 18.3 Å². The molecule has 6 heteroatoms. The molecule has 23 heavy (non-hydrogen) atoms. The highest BCUT2D eigenvalue weighted by Crippen LogP contribution is 2.42. The van der Waals surface area contributed by atoms with Gasteiger partial charge in [0, 0.05) is 23.6 Å². The Morgan fingerprint density at radius 1 is 1.52 bits per heavy atom. The van der Waals surface area contributed by atoms with E-state index in [1.807, 2.05) is 34.6 Å². The van der Waals surface area contributed by atoms with Gasteiger partial charge >= 0.3 is 0 Å². The number of benzene rings is 1. The summed E-state index contributed by atoms with van der Waals surface area (Å²) in [7, 11) is -1.27. The molecule has 3 atom stereocenters. The van der Waals surface area contributed by atoms with Crippen molar-refractivity contribution in [1.82, 2.24) is 4.72 Å². The first kappa shape index (κ1) is 17.9. The Hall–Kier alpha value is -1.45. The minimum absolute atomic E-state index is 0.235. The van der Waals surface area contributed by atoms with Gasteiger partial charge in [0.15, 0.2) is 0 Å². The molecule has 0 radical (unpaired) electrons. The number of rotatable bonds is 4. The predicted molar refractivity (Wildman–Crippen MR) is 88.8 cm³/mol. The van der Waals surface area contributed by atoms with E-state index in [9.17, 15) is 8.60 Å². The fraction of sp³-hybridized carbons (Fsp3) is 0.588. The highest BCUT2D eigenvalue weighted by atomic mass is 32.2. The Bertz CT molecular complexity index is 678. The Labute approximate surface area is 139 Å². The van der Waals surface area contributed by atoms with Crippen LogP contribution in [0.5, 0.6) is 5.75 Å². The molecule has 2 rings (SSSR count). The first-order valence-electron chi connectivity index (χ1n) is 7.62. The van der Waals surface area contributed by atoms with Crippen LogP contribution >= 0.6 is 0 Å². The number of hydrogen-bond donors (Lipinski definition) is 1. The number of halogens is 1. The molecule has 126 valence electrons. The largest absolute Gasteiger partial charge is 0.486 e. The predicted octanol–water partition coefficient (Wildman–Crippen LogP) is 3.55. The fourth-order valence-electron chi connectivity index (χ4n) is 2.60. The van der Waals surface area contributed by atoms with Crippen molar-refractivity contribution in [3.05, 3.63) is 29.1 Å². The zero-order valence-electron chi connectivity index (χ0n) is 14.2. The van der Waals surface area contributed by atoms with Crippen LogP contribution in [0.4, 0.5) is 4.39 Å². The molecule has 1 aliphatic rings. The molecule has 0 spiro atoms. The van der Waals surface area contributed by atoms with E-state index in [4.69, 9.17) is 10.00 Å². The van der Waals surface area contributed by atoms with E-state index in [0.717, 1.165) is 5.56 Å². The van der Waals surface area contributed by atoms with E-state index in [1.54, 1.807) is 0 Å². The number of nitrogens with zero attached hydrogens (tertiary/aromatic N) is 1. The van der Waals surface area contributed by atoms with Crippen molar-refractivity contribution in [1.29, 1.82) is 5.26 Å². The van der Waals surface area contributed by atoms with Crippen molar-refractivity contribution in [2.45, 2.75) is 63.9 Å². The fourth-order valence-corrected chi connectivity index (χ4v) is 3.40. The second kappa shape index (κ2) is 6.21. The highest BCUT2D eigenvalue weighted by molar-refractivity contribution is 7.84. The number of nitriles is 1. The zero-order chi connectivity index (χ0) is 17.4. The number of fused-ring (bicyclic) bond motifs is 1. The van der Waals surface area contributed by atoms with Crippen molar-refractivity contribution in [3.63, 3.8) is 0 Å². The molecule has 0 fully saturated rings. The normalized spacial score (nSPS) is 22.8. The molecular formula is C17H23FN2O2S. The van der Waals surface area contributed by atoms with Gasteiger partial charge < -0.3 is 4.74 Å². The Kier molecular flexibility index (Phi) is 4.84. The molecule has 0 saturated carbocycles. The van der Waals surface area contributed by atoms with Gasteiger partial charge in [-0.1, -0.05) is 0 Å². The minimum atomic E-state index is -1.27. The van der Waals surface area contributed by atoms with E-state index < -0.39 is 21.3 Å². The van der Waals surface area contributed by atoms with E-state index in [2.05, 4.69) is 10.8 Å². The molecule has 1 aliphatic heterocycles. The Morgan fingerprint density at radius 2 is 2.17 bits per heavy atom. The summed E-state index contributed by atoms with van der Waals surface area (Å²) in [6, 6.07) is 4.65. The minimum Gasteiger partial charge on any atom is -0.486 e. The summed E-state index contributed by atoms with van der Waals surface area (Å²) >= 11 is 0. The van der Waals surface area contributed by atoms with Gasteiger partial charge in [-0.25, -0.2) is 13.3 Å². The summed E-state index contributed by atoms with van der Waals surface area (Å²) in [6.45, 7) is 9.31. The van der Waals surface area contributed by atoms with Crippen LogP contribution in [-0.4, -0.2) is 14.6 Å². The van der Waals surface area contributed by atoms with Gasteiger partial charge in [-0.15, -0.1) is 0 Å². The summed E-state index contributed by atoms with van der Waals surface area (Å²) in [5.74, 6) is 0.258. The second-order valence-electron chi connectivity index (χ2n) is 7.27. The van der Waals surface area contributed by atoms with E-state index in [1.165, 1.54) is 12.1 Å². The lowest BCUT2D eigenvalue weighted by Gasteiger charge is -2.25. The lowest BCUT2D eigenvalue weighted by molar-refractivity contribution is 0.120.